The first-order valence-electron chi connectivity index (χ1n) is 9.80. The SMILES string of the molecule is NC(=O)C1CCN([C@@H](c2ccc(Cl)cc2)c2nnnn2Cc2ccc(F)cc2)CC1. The van der Waals surface area contributed by atoms with E-state index in [4.69, 9.17) is 17.3 Å². The number of carbonyl (C=O) groups is 1. The van der Waals surface area contributed by atoms with Crippen molar-refractivity contribution in [1.29, 1.82) is 0 Å². The van der Waals surface area contributed by atoms with E-state index < -0.39 is 0 Å². The highest BCUT2D eigenvalue weighted by molar-refractivity contribution is 6.30. The van der Waals surface area contributed by atoms with E-state index >= 15 is 0 Å². The highest BCUT2D eigenvalue weighted by atomic mass is 35.5. The number of nitrogens with zero attached hydrogens (tertiary/aromatic N) is 5. The maximum Gasteiger partial charge on any atom is 0.220 e. The molecule has 0 radical (unpaired) electrons. The third-order valence-corrected chi connectivity index (χ3v) is 5.78. The molecule has 9 heteroatoms. The number of carbonyl (C=O) groups excluding carboxylic acids is 1. The number of hydrogen-bond acceptors (Lipinski definition) is 5. The first-order chi connectivity index (χ1) is 14.5. The Hall–Kier alpha value is -2.84. The predicted octanol–water partition coefficient (Wildman–Crippen LogP) is 2.80. The van der Waals surface area contributed by atoms with Gasteiger partial charge < -0.3 is 5.73 Å². The van der Waals surface area contributed by atoms with Crippen molar-refractivity contribution in [2.75, 3.05) is 13.1 Å². The fourth-order valence-corrected chi connectivity index (χ4v) is 4.02. The van der Waals surface area contributed by atoms with Crippen LogP contribution in [0.1, 0.15) is 35.8 Å². The van der Waals surface area contributed by atoms with Gasteiger partial charge >= 0.3 is 0 Å². The molecule has 2 N–H and O–H groups in total. The van der Waals surface area contributed by atoms with Gasteiger partial charge in [-0.3, -0.25) is 9.69 Å². The first-order valence-corrected chi connectivity index (χ1v) is 10.2. The van der Waals surface area contributed by atoms with Crippen molar-refractivity contribution in [3.8, 4) is 0 Å². The molecule has 0 aliphatic carbocycles. The molecule has 1 aromatic heterocycles. The van der Waals surface area contributed by atoms with E-state index in [0.29, 0.717) is 43.3 Å². The van der Waals surface area contributed by atoms with Gasteiger partial charge in [0.25, 0.3) is 0 Å². The van der Waals surface area contributed by atoms with Crippen molar-refractivity contribution in [3.63, 3.8) is 0 Å². The van der Waals surface area contributed by atoms with Crippen molar-refractivity contribution in [2.45, 2.75) is 25.4 Å². The largest absolute Gasteiger partial charge is 0.369 e. The maximum absolute atomic E-state index is 13.3. The van der Waals surface area contributed by atoms with Crippen LogP contribution in [0, 0.1) is 11.7 Å². The molecule has 3 aromatic rings. The van der Waals surface area contributed by atoms with Crippen molar-refractivity contribution < 1.29 is 9.18 Å². The van der Waals surface area contributed by atoms with Gasteiger partial charge in [-0.15, -0.1) is 5.10 Å². The van der Waals surface area contributed by atoms with Gasteiger partial charge in [0.15, 0.2) is 5.82 Å². The summed E-state index contributed by atoms with van der Waals surface area (Å²) in [6.45, 7) is 1.82. The molecule has 1 atom stereocenters. The van der Waals surface area contributed by atoms with Gasteiger partial charge in [0.1, 0.15) is 5.82 Å². The summed E-state index contributed by atoms with van der Waals surface area (Å²) in [7, 11) is 0. The van der Waals surface area contributed by atoms with Crippen LogP contribution in [0.2, 0.25) is 5.02 Å². The summed E-state index contributed by atoms with van der Waals surface area (Å²) in [5.41, 5.74) is 7.40. The second kappa shape index (κ2) is 8.89. The van der Waals surface area contributed by atoms with Crippen LogP contribution in [-0.4, -0.2) is 44.1 Å². The van der Waals surface area contributed by atoms with Crippen molar-refractivity contribution in [3.05, 3.63) is 76.3 Å². The van der Waals surface area contributed by atoms with Gasteiger partial charge in [-0.25, -0.2) is 9.07 Å². The van der Waals surface area contributed by atoms with Gasteiger partial charge in [0.05, 0.1) is 12.6 Å². The van der Waals surface area contributed by atoms with E-state index in [9.17, 15) is 9.18 Å². The zero-order valence-electron chi connectivity index (χ0n) is 16.3. The average Bonchev–Trinajstić information content (AvgIpc) is 3.19. The molecule has 0 spiro atoms. The molecule has 4 rings (SSSR count). The Balaban J connectivity index is 1.65. The normalized spacial score (nSPS) is 16.5. The van der Waals surface area contributed by atoms with Crippen LogP contribution in [-0.2, 0) is 11.3 Å². The molecule has 0 saturated carbocycles. The van der Waals surface area contributed by atoms with Crippen LogP contribution in [0.25, 0.3) is 0 Å². The van der Waals surface area contributed by atoms with Gasteiger partial charge in [-0.1, -0.05) is 35.9 Å². The fourth-order valence-electron chi connectivity index (χ4n) is 3.89. The number of piperidine rings is 1. The lowest BCUT2D eigenvalue weighted by Crippen LogP contribution is -2.41. The number of tetrazole rings is 1. The predicted molar refractivity (Wildman–Crippen MR) is 110 cm³/mol. The number of amides is 1. The van der Waals surface area contributed by atoms with E-state index in [1.807, 2.05) is 24.3 Å². The molecule has 0 unspecified atom stereocenters. The van der Waals surface area contributed by atoms with E-state index in [-0.39, 0.29) is 23.7 Å². The molecule has 1 aliphatic heterocycles. The number of nitrogens with two attached hydrogens (primary N) is 1. The van der Waals surface area contributed by atoms with E-state index in [2.05, 4.69) is 20.4 Å². The van der Waals surface area contributed by atoms with E-state index in [1.54, 1.807) is 16.8 Å². The zero-order chi connectivity index (χ0) is 21.1. The number of primary amides is 1. The maximum atomic E-state index is 13.3. The molecule has 1 amide bonds. The Labute approximate surface area is 178 Å². The topological polar surface area (TPSA) is 89.9 Å². The second-order valence-electron chi connectivity index (χ2n) is 7.49. The van der Waals surface area contributed by atoms with E-state index in [1.165, 1.54) is 12.1 Å². The molecular formula is C21H22ClFN6O. The lowest BCUT2D eigenvalue weighted by Gasteiger charge is -2.36. The van der Waals surface area contributed by atoms with Gasteiger partial charge in [-0.2, -0.15) is 0 Å². The summed E-state index contributed by atoms with van der Waals surface area (Å²) in [4.78, 5) is 13.8. The van der Waals surface area contributed by atoms with Gasteiger partial charge in [0, 0.05) is 10.9 Å². The highest BCUT2D eigenvalue weighted by Crippen LogP contribution is 2.32. The van der Waals surface area contributed by atoms with Crippen molar-refractivity contribution >= 4 is 17.5 Å². The first kappa shape index (κ1) is 20.4. The minimum Gasteiger partial charge on any atom is -0.369 e. The van der Waals surface area contributed by atoms with Crippen LogP contribution >= 0.6 is 11.6 Å². The Kier molecular flexibility index (Phi) is 6.06. The molecule has 1 saturated heterocycles. The Bertz CT molecular complexity index is 999. The molecule has 1 fully saturated rings. The van der Waals surface area contributed by atoms with Crippen LogP contribution in [0.15, 0.2) is 48.5 Å². The summed E-state index contributed by atoms with van der Waals surface area (Å²) in [5.74, 6) is 0.0346. The standard InChI is InChI=1S/C21H22ClFN6O/c22-17-5-3-15(4-6-17)19(28-11-9-16(10-12-28)20(24)30)21-25-26-27-29(21)13-14-1-7-18(23)8-2-14/h1-8,16,19H,9-13H2,(H2,24,30)/t19-/m0/s1. The minimum absolute atomic E-state index is 0.109. The smallest absolute Gasteiger partial charge is 0.220 e. The van der Waals surface area contributed by atoms with Crippen LogP contribution < -0.4 is 5.73 Å². The molecular weight excluding hydrogens is 407 g/mol. The molecule has 0 bridgehead atoms. The number of aromatic nitrogens is 4. The van der Waals surface area contributed by atoms with Gasteiger partial charge in [-0.05, 0) is 71.8 Å². The summed E-state index contributed by atoms with van der Waals surface area (Å²) in [5, 5.41) is 13.0. The number of rotatable bonds is 6. The highest BCUT2D eigenvalue weighted by Gasteiger charge is 2.32. The lowest BCUT2D eigenvalue weighted by atomic mass is 9.93. The Morgan fingerprint density at radius 3 is 2.43 bits per heavy atom. The van der Waals surface area contributed by atoms with Crippen LogP contribution in [0.4, 0.5) is 4.39 Å². The number of hydrogen-bond donors (Lipinski definition) is 1. The summed E-state index contributed by atoms with van der Waals surface area (Å²) < 4.78 is 15.0. The summed E-state index contributed by atoms with van der Waals surface area (Å²) >= 11 is 6.09. The van der Waals surface area contributed by atoms with Crippen molar-refractivity contribution in [2.24, 2.45) is 11.7 Å². The Morgan fingerprint density at radius 1 is 1.13 bits per heavy atom. The minimum atomic E-state index is -0.285. The zero-order valence-corrected chi connectivity index (χ0v) is 17.0. The monoisotopic (exact) mass is 428 g/mol. The molecule has 7 nitrogen and oxygen atoms in total. The lowest BCUT2D eigenvalue weighted by molar-refractivity contribution is -0.123. The molecule has 2 heterocycles. The van der Waals surface area contributed by atoms with Crippen LogP contribution in [0.3, 0.4) is 0 Å². The summed E-state index contributed by atoms with van der Waals surface area (Å²) in [6.07, 6.45) is 1.39. The third-order valence-electron chi connectivity index (χ3n) is 5.53. The fraction of sp³-hybridized carbons (Fsp3) is 0.333. The van der Waals surface area contributed by atoms with Crippen LogP contribution in [0.5, 0.6) is 0 Å². The Morgan fingerprint density at radius 2 is 1.80 bits per heavy atom. The quantitative estimate of drug-likeness (QED) is 0.652. The summed E-state index contributed by atoms with van der Waals surface area (Å²) in [6, 6.07) is 13.7. The van der Waals surface area contributed by atoms with E-state index in [0.717, 1.165) is 11.1 Å². The average molecular weight is 429 g/mol. The molecule has 2 aromatic carbocycles. The third kappa shape index (κ3) is 4.49. The van der Waals surface area contributed by atoms with Crippen molar-refractivity contribution in [1.82, 2.24) is 25.1 Å². The van der Waals surface area contributed by atoms with Gasteiger partial charge in [0.2, 0.25) is 5.91 Å². The second-order valence-corrected chi connectivity index (χ2v) is 7.92. The molecule has 156 valence electrons. The molecule has 1 aliphatic rings. The number of halogens is 2. The number of benzene rings is 2. The molecule has 30 heavy (non-hydrogen) atoms. The number of likely N-dealkylation sites (tertiary alicyclic amines) is 1.